The van der Waals surface area contributed by atoms with E-state index in [1.807, 2.05) is 36.4 Å². The lowest BCUT2D eigenvalue weighted by atomic mass is 9.98. The lowest BCUT2D eigenvalue weighted by Crippen LogP contribution is -2.41. The zero-order valence-corrected chi connectivity index (χ0v) is 18.8. The van der Waals surface area contributed by atoms with Gasteiger partial charge in [-0.05, 0) is 53.3 Å². The number of H-pyrrole nitrogens is 1. The van der Waals surface area contributed by atoms with E-state index in [0.29, 0.717) is 5.56 Å². The summed E-state index contributed by atoms with van der Waals surface area (Å²) in [6.07, 6.45) is -4.83. The van der Waals surface area contributed by atoms with Crippen molar-refractivity contribution in [1.82, 2.24) is 9.97 Å². The summed E-state index contributed by atoms with van der Waals surface area (Å²) in [6, 6.07) is 19.4. The van der Waals surface area contributed by atoms with Gasteiger partial charge in [-0.2, -0.15) is 22.0 Å². The van der Waals surface area contributed by atoms with Crippen LogP contribution in [0.25, 0.3) is 27.9 Å². The second-order valence-corrected chi connectivity index (χ2v) is 8.85. The maximum atomic E-state index is 13.1. The molecule has 1 aliphatic rings. The number of benzene rings is 3. The monoisotopic (exact) mass is 500 g/mol. The van der Waals surface area contributed by atoms with Crippen molar-refractivity contribution in [3.63, 3.8) is 0 Å². The second-order valence-electron chi connectivity index (χ2n) is 8.85. The lowest BCUT2D eigenvalue weighted by molar-refractivity contribution is -0.290. The van der Waals surface area contributed by atoms with E-state index in [0.717, 1.165) is 40.0 Å². The zero-order valence-electron chi connectivity index (χ0n) is 18.8. The first-order chi connectivity index (χ1) is 17.0. The van der Waals surface area contributed by atoms with Crippen LogP contribution in [0.15, 0.2) is 73.3 Å². The summed E-state index contributed by atoms with van der Waals surface area (Å²) in [6.45, 7) is 1.87. The predicted octanol–water partition coefficient (Wildman–Crippen LogP) is 7.61. The Kier molecular flexibility index (Phi) is 5.73. The van der Waals surface area contributed by atoms with Gasteiger partial charge in [-0.1, -0.05) is 49.0 Å². The van der Waals surface area contributed by atoms with E-state index in [1.165, 1.54) is 12.1 Å². The molecule has 1 fully saturated rings. The molecule has 0 saturated heterocycles. The number of aromatic amines is 1. The van der Waals surface area contributed by atoms with Crippen molar-refractivity contribution in [1.29, 1.82) is 0 Å². The van der Waals surface area contributed by atoms with Crippen LogP contribution in [0.5, 0.6) is 5.75 Å². The Morgan fingerprint density at radius 1 is 1.00 bits per heavy atom. The number of nitrogens with zero attached hydrogens (tertiary/aromatic N) is 1. The minimum absolute atomic E-state index is 0.0118. The van der Waals surface area contributed by atoms with Crippen LogP contribution in [0.4, 0.5) is 22.0 Å². The Morgan fingerprint density at radius 2 is 1.72 bits per heavy atom. The van der Waals surface area contributed by atoms with E-state index in [-0.39, 0.29) is 23.3 Å². The largest absolute Gasteiger partial charge is 0.508 e. The highest BCUT2D eigenvalue weighted by atomic mass is 19.4. The predicted molar refractivity (Wildman–Crippen MR) is 126 cm³/mol. The number of imidazole rings is 1. The summed E-state index contributed by atoms with van der Waals surface area (Å²) in [7, 11) is 0. The second kappa shape index (κ2) is 8.65. The van der Waals surface area contributed by atoms with Crippen molar-refractivity contribution in [3.05, 3.63) is 90.3 Å². The fourth-order valence-corrected chi connectivity index (χ4v) is 4.29. The number of aromatic nitrogens is 2. The summed E-state index contributed by atoms with van der Waals surface area (Å²) in [5.41, 5.74) is 4.97. The minimum Gasteiger partial charge on any atom is -0.508 e. The van der Waals surface area contributed by atoms with Crippen molar-refractivity contribution in [2.45, 2.75) is 30.4 Å². The van der Waals surface area contributed by atoms with Gasteiger partial charge in [0.25, 0.3) is 0 Å². The van der Waals surface area contributed by atoms with Gasteiger partial charge in [0.2, 0.25) is 0 Å². The summed E-state index contributed by atoms with van der Waals surface area (Å²) in [5.74, 6) is -3.88. The Labute approximate surface area is 203 Å². The third-order valence-corrected chi connectivity index (χ3v) is 6.33. The molecule has 5 rings (SSSR count). The number of nitrogens with one attached hydrogen (secondary N) is 1. The molecule has 2 unspecified atom stereocenters. The highest BCUT2D eigenvalue weighted by Gasteiger charge is 2.58. The van der Waals surface area contributed by atoms with Crippen molar-refractivity contribution in [2.24, 2.45) is 0 Å². The van der Waals surface area contributed by atoms with Gasteiger partial charge in [0.15, 0.2) is 6.61 Å². The molecule has 1 aromatic heterocycles. The standard InChI is InChI=1S/C27H21F5N2O2/c1-15(35)19-4-2-3-5-20(19)17-8-11-23-24(12-17)34-25(33-23)22-13-21(22)16-6-9-18(10-7-16)36-14-26(28,29)27(30,31)32/h2-12,21-22,35H,1,13-14H2,(H,33,34). The fourth-order valence-electron chi connectivity index (χ4n) is 4.29. The maximum Gasteiger partial charge on any atom is 0.456 e. The SMILES string of the molecule is C=C(O)c1ccccc1-c1ccc2nc(C3CC3c3ccc(OCC(F)(F)C(F)(F)F)cc3)[nH]c2c1. The summed E-state index contributed by atoms with van der Waals surface area (Å²) in [5, 5.41) is 9.92. The molecule has 186 valence electrons. The van der Waals surface area contributed by atoms with Gasteiger partial charge in [-0.3, -0.25) is 0 Å². The van der Waals surface area contributed by atoms with E-state index in [1.54, 1.807) is 18.2 Å². The highest BCUT2D eigenvalue weighted by Crippen LogP contribution is 2.54. The van der Waals surface area contributed by atoms with Crippen molar-refractivity contribution < 1.29 is 31.8 Å². The number of aliphatic hydroxyl groups is 1. The number of halogens is 5. The molecular formula is C27H21F5N2O2. The number of hydrogen-bond donors (Lipinski definition) is 2. The van der Waals surface area contributed by atoms with Gasteiger partial charge in [0.05, 0.1) is 11.0 Å². The minimum atomic E-state index is -5.65. The molecule has 1 saturated carbocycles. The molecule has 0 spiro atoms. The van der Waals surface area contributed by atoms with Crippen LogP contribution in [0.2, 0.25) is 0 Å². The summed E-state index contributed by atoms with van der Waals surface area (Å²) in [4.78, 5) is 8.07. The van der Waals surface area contributed by atoms with Gasteiger partial charge >= 0.3 is 12.1 Å². The third kappa shape index (κ3) is 4.53. The Balaban J connectivity index is 1.29. The number of hydrogen-bond acceptors (Lipinski definition) is 3. The third-order valence-electron chi connectivity index (χ3n) is 6.33. The Bertz CT molecular complexity index is 1430. The van der Waals surface area contributed by atoms with E-state index in [4.69, 9.17) is 4.98 Å². The highest BCUT2D eigenvalue weighted by molar-refractivity contribution is 5.85. The van der Waals surface area contributed by atoms with Gasteiger partial charge in [0, 0.05) is 11.5 Å². The van der Waals surface area contributed by atoms with Crippen LogP contribution < -0.4 is 4.74 Å². The van der Waals surface area contributed by atoms with Gasteiger partial charge in [0.1, 0.15) is 17.3 Å². The molecule has 0 aliphatic heterocycles. The molecule has 36 heavy (non-hydrogen) atoms. The van der Waals surface area contributed by atoms with E-state index < -0.39 is 18.7 Å². The molecule has 0 amide bonds. The van der Waals surface area contributed by atoms with Crippen LogP contribution in [0, 0.1) is 0 Å². The molecule has 1 aliphatic carbocycles. The van der Waals surface area contributed by atoms with Crippen LogP contribution in [-0.4, -0.2) is 33.8 Å². The number of ether oxygens (including phenoxy) is 1. The first kappa shape index (κ1) is 23.8. The average molecular weight is 500 g/mol. The molecule has 1 heterocycles. The normalized spacial score (nSPS) is 17.8. The average Bonchev–Trinajstić information content (AvgIpc) is 3.53. The first-order valence-corrected chi connectivity index (χ1v) is 11.2. The summed E-state index contributed by atoms with van der Waals surface area (Å²) < 4.78 is 67.7. The molecule has 0 radical (unpaired) electrons. The van der Waals surface area contributed by atoms with Crippen molar-refractivity contribution >= 4 is 16.8 Å². The molecule has 4 nitrogen and oxygen atoms in total. The quantitative estimate of drug-likeness (QED) is 0.203. The van der Waals surface area contributed by atoms with Gasteiger partial charge < -0.3 is 14.8 Å². The Morgan fingerprint density at radius 3 is 2.42 bits per heavy atom. The molecule has 0 bridgehead atoms. The lowest BCUT2D eigenvalue weighted by Gasteiger charge is -2.19. The molecular weight excluding hydrogens is 479 g/mol. The van der Waals surface area contributed by atoms with Crippen LogP contribution in [0.1, 0.15) is 35.2 Å². The number of alkyl halides is 5. The van der Waals surface area contributed by atoms with Crippen LogP contribution in [0.3, 0.4) is 0 Å². The Hall–Kier alpha value is -3.88. The molecule has 2 N–H and O–H groups in total. The first-order valence-electron chi connectivity index (χ1n) is 11.2. The molecule has 2 atom stereocenters. The summed E-state index contributed by atoms with van der Waals surface area (Å²) >= 11 is 0. The maximum absolute atomic E-state index is 13.1. The van der Waals surface area contributed by atoms with Crippen LogP contribution in [-0.2, 0) is 0 Å². The topological polar surface area (TPSA) is 58.1 Å². The molecule has 4 aromatic rings. The zero-order chi connectivity index (χ0) is 25.7. The smallest absolute Gasteiger partial charge is 0.456 e. The van der Waals surface area contributed by atoms with E-state index >= 15 is 0 Å². The molecule has 3 aromatic carbocycles. The molecule has 9 heteroatoms. The van der Waals surface area contributed by atoms with E-state index in [9.17, 15) is 27.1 Å². The van der Waals surface area contributed by atoms with Crippen molar-refractivity contribution in [3.8, 4) is 16.9 Å². The number of rotatable bonds is 7. The fraction of sp³-hybridized carbons (Fsp3) is 0.222. The van der Waals surface area contributed by atoms with Gasteiger partial charge in [-0.25, -0.2) is 4.98 Å². The van der Waals surface area contributed by atoms with Crippen molar-refractivity contribution in [2.75, 3.05) is 6.61 Å². The van der Waals surface area contributed by atoms with E-state index in [2.05, 4.69) is 16.3 Å². The van der Waals surface area contributed by atoms with Crippen LogP contribution >= 0.6 is 0 Å². The van der Waals surface area contributed by atoms with Gasteiger partial charge in [-0.15, -0.1) is 0 Å². The number of aliphatic hydroxyl groups excluding tert-OH is 1. The number of fused-ring (bicyclic) bond motifs is 1.